The molecule has 2 N–H and O–H groups in total. The number of aliphatic hydroxyl groups is 1. The van der Waals surface area contributed by atoms with Gasteiger partial charge in [0.2, 0.25) is 0 Å². The molecule has 0 aromatic heterocycles. The summed E-state index contributed by atoms with van der Waals surface area (Å²) in [4.78, 5) is 12.2. The van der Waals surface area contributed by atoms with Crippen molar-refractivity contribution >= 4 is 5.91 Å². The summed E-state index contributed by atoms with van der Waals surface area (Å²) in [5.74, 6) is -1.91. The van der Waals surface area contributed by atoms with E-state index in [-0.39, 0.29) is 6.54 Å². The van der Waals surface area contributed by atoms with Crippen LogP contribution in [0.3, 0.4) is 0 Å². The summed E-state index contributed by atoms with van der Waals surface area (Å²) in [5.41, 5.74) is -0.843. The number of carbonyl (C=O) groups excluding carboxylic acids is 1. The molecule has 1 amide bonds. The molecule has 7 heteroatoms. The van der Waals surface area contributed by atoms with E-state index >= 15 is 0 Å². The lowest BCUT2D eigenvalue weighted by Crippen LogP contribution is -2.40. The Labute approximate surface area is 98.8 Å². The number of hydrogen-bond acceptors (Lipinski definition) is 3. The largest absolute Gasteiger partial charge is 0.471 e. The Morgan fingerprint density at radius 1 is 1.35 bits per heavy atom. The molecule has 0 saturated carbocycles. The molecule has 0 aliphatic carbocycles. The zero-order valence-electron chi connectivity index (χ0n) is 10.3. The molecule has 0 spiro atoms. The molecular formula is C10H19F3N2O2. The topological polar surface area (TPSA) is 52.6 Å². The Morgan fingerprint density at radius 2 is 1.88 bits per heavy atom. The van der Waals surface area contributed by atoms with E-state index in [9.17, 15) is 23.1 Å². The zero-order chi connectivity index (χ0) is 13.7. The van der Waals surface area contributed by atoms with Gasteiger partial charge in [-0.15, -0.1) is 0 Å². The second-order valence-electron chi connectivity index (χ2n) is 4.66. The third-order valence-electron chi connectivity index (χ3n) is 1.92. The number of halogens is 3. The predicted molar refractivity (Wildman–Crippen MR) is 57.5 cm³/mol. The minimum atomic E-state index is -4.82. The van der Waals surface area contributed by atoms with Crippen molar-refractivity contribution in [3.8, 4) is 0 Å². The molecule has 0 unspecified atom stereocenters. The number of rotatable bonds is 6. The van der Waals surface area contributed by atoms with Gasteiger partial charge in [0.15, 0.2) is 0 Å². The van der Waals surface area contributed by atoms with E-state index in [1.807, 2.05) is 0 Å². The van der Waals surface area contributed by atoms with Gasteiger partial charge in [-0.25, -0.2) is 0 Å². The molecular weight excluding hydrogens is 237 g/mol. The summed E-state index contributed by atoms with van der Waals surface area (Å²) >= 11 is 0. The molecule has 0 rings (SSSR count). The Balaban J connectivity index is 3.69. The number of nitrogens with one attached hydrogen (secondary N) is 1. The van der Waals surface area contributed by atoms with E-state index in [0.717, 1.165) is 0 Å². The second-order valence-corrected chi connectivity index (χ2v) is 4.66. The van der Waals surface area contributed by atoms with Crippen LogP contribution in [0.5, 0.6) is 0 Å². The summed E-state index contributed by atoms with van der Waals surface area (Å²) < 4.78 is 35.4. The molecule has 0 aromatic rings. The van der Waals surface area contributed by atoms with E-state index in [2.05, 4.69) is 0 Å². The fourth-order valence-electron chi connectivity index (χ4n) is 1.39. The number of hydrogen-bond donors (Lipinski definition) is 2. The maximum Gasteiger partial charge on any atom is 0.471 e. The molecule has 0 radical (unpaired) electrons. The third kappa shape index (κ3) is 8.93. The highest BCUT2D eigenvalue weighted by molar-refractivity contribution is 5.81. The number of carbonyl (C=O) groups is 1. The van der Waals surface area contributed by atoms with Crippen molar-refractivity contribution < 1.29 is 23.1 Å². The summed E-state index contributed by atoms with van der Waals surface area (Å²) in [7, 11) is 1.75. The van der Waals surface area contributed by atoms with Crippen molar-refractivity contribution in [2.45, 2.75) is 32.0 Å². The van der Waals surface area contributed by atoms with E-state index < -0.39 is 17.7 Å². The number of alkyl halides is 3. The summed E-state index contributed by atoms with van der Waals surface area (Å²) in [6.07, 6.45) is -4.42. The van der Waals surface area contributed by atoms with Gasteiger partial charge in [-0.05, 0) is 33.9 Å². The van der Waals surface area contributed by atoms with Crippen LogP contribution in [-0.4, -0.2) is 54.4 Å². The van der Waals surface area contributed by atoms with Gasteiger partial charge in [-0.2, -0.15) is 13.2 Å². The quantitative estimate of drug-likeness (QED) is 0.690. The molecule has 102 valence electrons. The number of amides is 1. The second kappa shape index (κ2) is 6.20. The first-order valence-electron chi connectivity index (χ1n) is 5.28. The van der Waals surface area contributed by atoms with Crippen LogP contribution in [-0.2, 0) is 4.79 Å². The number of nitrogens with zero attached hydrogens (tertiary/aromatic N) is 1. The fraction of sp³-hybridized carbons (Fsp3) is 0.900. The maximum absolute atomic E-state index is 11.8. The van der Waals surface area contributed by atoms with Gasteiger partial charge in [-0.1, -0.05) is 0 Å². The molecule has 0 saturated heterocycles. The SMILES string of the molecule is CN(CCCNC(=O)C(F)(F)F)CC(C)(C)O. The fourth-order valence-corrected chi connectivity index (χ4v) is 1.39. The van der Waals surface area contributed by atoms with Crippen LogP contribution in [0.1, 0.15) is 20.3 Å². The van der Waals surface area contributed by atoms with Crippen molar-refractivity contribution in [2.24, 2.45) is 0 Å². The third-order valence-corrected chi connectivity index (χ3v) is 1.92. The monoisotopic (exact) mass is 256 g/mol. The van der Waals surface area contributed by atoms with Crippen LogP contribution >= 0.6 is 0 Å². The minimum absolute atomic E-state index is 0.0332. The first-order valence-corrected chi connectivity index (χ1v) is 5.28. The van der Waals surface area contributed by atoms with E-state index in [1.165, 1.54) is 0 Å². The highest BCUT2D eigenvalue weighted by Crippen LogP contribution is 2.13. The van der Waals surface area contributed by atoms with Crippen LogP contribution in [0.4, 0.5) is 13.2 Å². The molecule has 0 aliphatic rings. The summed E-state index contributed by atoms with van der Waals surface area (Å²) in [5, 5.41) is 11.3. The van der Waals surface area contributed by atoms with Gasteiger partial charge in [0.25, 0.3) is 0 Å². The lowest BCUT2D eigenvalue weighted by molar-refractivity contribution is -0.173. The predicted octanol–water partition coefficient (Wildman–Crippen LogP) is 0.758. The van der Waals surface area contributed by atoms with Gasteiger partial charge >= 0.3 is 12.1 Å². The minimum Gasteiger partial charge on any atom is -0.389 e. The van der Waals surface area contributed by atoms with Gasteiger partial charge in [-0.3, -0.25) is 4.79 Å². The molecule has 0 aromatic carbocycles. The standard InChI is InChI=1S/C10H19F3N2O2/c1-9(2,17)7-15(3)6-4-5-14-8(16)10(11,12)13/h17H,4-7H2,1-3H3,(H,14,16). The Bertz CT molecular complexity index is 249. The van der Waals surface area contributed by atoms with E-state index in [1.54, 1.807) is 31.1 Å². The van der Waals surface area contributed by atoms with E-state index in [0.29, 0.717) is 19.5 Å². The smallest absolute Gasteiger partial charge is 0.389 e. The van der Waals surface area contributed by atoms with Gasteiger partial charge in [0.1, 0.15) is 0 Å². The molecule has 4 nitrogen and oxygen atoms in total. The molecule has 0 atom stereocenters. The van der Waals surface area contributed by atoms with Crippen molar-refractivity contribution in [1.82, 2.24) is 10.2 Å². The Kier molecular flexibility index (Phi) is 5.91. The van der Waals surface area contributed by atoms with Crippen molar-refractivity contribution in [1.29, 1.82) is 0 Å². The zero-order valence-corrected chi connectivity index (χ0v) is 10.3. The lowest BCUT2D eigenvalue weighted by Gasteiger charge is -2.25. The Hall–Kier alpha value is -0.820. The van der Waals surface area contributed by atoms with Crippen LogP contribution in [0.15, 0.2) is 0 Å². The highest BCUT2D eigenvalue weighted by atomic mass is 19.4. The molecule has 17 heavy (non-hydrogen) atoms. The normalized spacial score (nSPS) is 12.9. The van der Waals surface area contributed by atoms with Crippen molar-refractivity contribution in [2.75, 3.05) is 26.7 Å². The lowest BCUT2D eigenvalue weighted by atomic mass is 10.1. The molecule has 0 bridgehead atoms. The first kappa shape index (κ1) is 16.2. The van der Waals surface area contributed by atoms with E-state index in [4.69, 9.17) is 0 Å². The molecule has 0 heterocycles. The highest BCUT2D eigenvalue weighted by Gasteiger charge is 2.38. The molecule has 0 fully saturated rings. The van der Waals surface area contributed by atoms with Crippen LogP contribution in [0, 0.1) is 0 Å². The van der Waals surface area contributed by atoms with Crippen molar-refractivity contribution in [3.63, 3.8) is 0 Å². The average molecular weight is 256 g/mol. The molecule has 0 aliphatic heterocycles. The van der Waals surface area contributed by atoms with Gasteiger partial charge in [0.05, 0.1) is 5.60 Å². The van der Waals surface area contributed by atoms with Crippen LogP contribution in [0.25, 0.3) is 0 Å². The average Bonchev–Trinajstić information content (AvgIpc) is 2.07. The Morgan fingerprint density at radius 3 is 2.29 bits per heavy atom. The summed E-state index contributed by atoms with van der Waals surface area (Å²) in [6.45, 7) is 4.18. The maximum atomic E-state index is 11.8. The summed E-state index contributed by atoms with van der Waals surface area (Å²) in [6, 6.07) is 0. The van der Waals surface area contributed by atoms with Gasteiger partial charge < -0.3 is 15.3 Å². The van der Waals surface area contributed by atoms with Gasteiger partial charge in [0, 0.05) is 13.1 Å². The van der Waals surface area contributed by atoms with Crippen molar-refractivity contribution in [3.05, 3.63) is 0 Å². The first-order chi connectivity index (χ1) is 7.52. The van der Waals surface area contributed by atoms with Crippen LogP contribution < -0.4 is 5.32 Å². The number of likely N-dealkylation sites (N-methyl/N-ethyl adjacent to an activating group) is 1. The van der Waals surface area contributed by atoms with Crippen LogP contribution in [0.2, 0.25) is 0 Å².